The van der Waals surface area contributed by atoms with E-state index in [1.165, 1.54) is 0 Å². The maximum atomic E-state index is 12.6. The largest absolute Gasteiger partial charge is 0.497 e. The molecular weight excluding hydrogens is 268 g/mol. The van der Waals surface area contributed by atoms with Gasteiger partial charge in [-0.15, -0.1) is 0 Å². The number of fused-ring (bicyclic) bond motifs is 1. The Morgan fingerprint density at radius 2 is 2.24 bits per heavy atom. The van der Waals surface area contributed by atoms with E-state index in [1.807, 2.05) is 12.1 Å². The molecule has 0 fully saturated rings. The van der Waals surface area contributed by atoms with Gasteiger partial charge in [0.15, 0.2) is 11.6 Å². The fourth-order valence-electron chi connectivity index (χ4n) is 2.76. The van der Waals surface area contributed by atoms with Crippen LogP contribution < -0.4 is 4.74 Å². The number of hydrogen-bond donors (Lipinski definition) is 0. The minimum Gasteiger partial charge on any atom is -0.497 e. The molecule has 0 amide bonds. The van der Waals surface area contributed by atoms with Gasteiger partial charge in [0.1, 0.15) is 5.75 Å². The summed E-state index contributed by atoms with van der Waals surface area (Å²) in [5.74, 6) is -0.0262. The van der Waals surface area contributed by atoms with Crippen molar-refractivity contribution in [1.82, 2.24) is 9.55 Å². The van der Waals surface area contributed by atoms with Crippen LogP contribution in [0.25, 0.3) is 0 Å². The van der Waals surface area contributed by atoms with Crippen LogP contribution in [0.3, 0.4) is 0 Å². The average Bonchev–Trinajstić information content (AvgIpc) is 2.93. The quantitative estimate of drug-likeness (QED) is 0.639. The fourth-order valence-corrected chi connectivity index (χ4v) is 2.76. The molecule has 0 radical (unpaired) electrons. The van der Waals surface area contributed by atoms with E-state index in [-0.39, 0.29) is 11.6 Å². The molecule has 0 saturated carbocycles. The Morgan fingerprint density at radius 1 is 1.43 bits per heavy atom. The molecule has 0 bridgehead atoms. The van der Waals surface area contributed by atoms with Crippen LogP contribution in [0.15, 0.2) is 30.6 Å². The summed E-state index contributed by atoms with van der Waals surface area (Å²) in [6.07, 6.45) is 4.52. The Morgan fingerprint density at radius 3 is 2.90 bits per heavy atom. The van der Waals surface area contributed by atoms with Crippen LogP contribution >= 0.6 is 0 Å². The minimum absolute atomic E-state index is 0.136. The molecule has 1 unspecified atom stereocenters. The molecule has 1 aromatic carbocycles. The van der Waals surface area contributed by atoms with Crippen LogP contribution in [0.1, 0.15) is 33.0 Å². The lowest BCUT2D eigenvalue weighted by Gasteiger charge is -2.22. The number of rotatable bonds is 3. The van der Waals surface area contributed by atoms with Crippen LogP contribution in [0.4, 0.5) is 0 Å². The van der Waals surface area contributed by atoms with Gasteiger partial charge in [0.05, 0.1) is 13.0 Å². The summed E-state index contributed by atoms with van der Waals surface area (Å²) in [6.45, 7) is 0. The summed E-state index contributed by atoms with van der Waals surface area (Å²) in [5, 5.41) is 0. The minimum atomic E-state index is -0.647. The fraction of sp³-hybridized carbons (Fsp3) is 0.312. The molecule has 1 aliphatic carbocycles. The van der Waals surface area contributed by atoms with Crippen molar-refractivity contribution < 1.29 is 14.3 Å². The Kier molecular flexibility index (Phi) is 3.33. The van der Waals surface area contributed by atoms with Gasteiger partial charge in [0, 0.05) is 25.0 Å². The van der Waals surface area contributed by atoms with Crippen molar-refractivity contribution in [2.75, 3.05) is 7.11 Å². The maximum Gasteiger partial charge on any atom is 0.209 e. The number of Topliss-reactive ketones (excluding diaryl/α,β-unsaturated/α-hetero) is 2. The molecule has 0 spiro atoms. The van der Waals surface area contributed by atoms with Gasteiger partial charge < -0.3 is 9.30 Å². The zero-order valence-corrected chi connectivity index (χ0v) is 12.0. The van der Waals surface area contributed by atoms with Crippen LogP contribution in [0.5, 0.6) is 5.75 Å². The van der Waals surface area contributed by atoms with Gasteiger partial charge in [-0.05, 0) is 30.5 Å². The molecule has 1 atom stereocenters. The SMILES string of the molecule is COc1ccc2c(c1)C(=O)C(C(=O)c1nccn1C)CC2. The zero-order chi connectivity index (χ0) is 15.0. The Labute approximate surface area is 122 Å². The number of carbonyl (C=O) groups excluding carboxylic acids is 2. The summed E-state index contributed by atoms with van der Waals surface area (Å²) in [4.78, 5) is 29.2. The van der Waals surface area contributed by atoms with Gasteiger partial charge in [-0.3, -0.25) is 9.59 Å². The van der Waals surface area contributed by atoms with E-state index < -0.39 is 5.92 Å². The number of hydrogen-bond acceptors (Lipinski definition) is 4. The number of aryl methyl sites for hydroxylation is 2. The van der Waals surface area contributed by atoms with E-state index in [1.54, 1.807) is 37.2 Å². The van der Waals surface area contributed by atoms with Gasteiger partial charge in [-0.2, -0.15) is 0 Å². The number of ether oxygens (including phenoxy) is 1. The average molecular weight is 284 g/mol. The molecule has 5 nitrogen and oxygen atoms in total. The molecule has 5 heteroatoms. The van der Waals surface area contributed by atoms with Crippen molar-refractivity contribution in [2.45, 2.75) is 12.8 Å². The van der Waals surface area contributed by atoms with Gasteiger partial charge in [0.25, 0.3) is 0 Å². The molecule has 21 heavy (non-hydrogen) atoms. The van der Waals surface area contributed by atoms with Crippen LogP contribution in [-0.2, 0) is 13.5 Å². The number of nitrogens with zero attached hydrogens (tertiary/aromatic N) is 2. The predicted molar refractivity (Wildman–Crippen MR) is 76.7 cm³/mol. The molecule has 1 aliphatic rings. The third-order valence-corrected chi connectivity index (χ3v) is 3.96. The Bertz CT molecular complexity index is 718. The molecule has 3 rings (SSSR count). The monoisotopic (exact) mass is 284 g/mol. The third-order valence-electron chi connectivity index (χ3n) is 3.96. The number of aromatic nitrogens is 2. The third kappa shape index (κ3) is 2.24. The highest BCUT2D eigenvalue weighted by Gasteiger charge is 2.35. The molecular formula is C16H16N2O3. The van der Waals surface area contributed by atoms with E-state index in [0.717, 1.165) is 5.56 Å². The predicted octanol–water partition coefficient (Wildman–Crippen LogP) is 2.06. The summed E-state index contributed by atoms with van der Waals surface area (Å²) in [6, 6.07) is 5.45. The normalized spacial score (nSPS) is 17.4. The van der Waals surface area contributed by atoms with Crippen molar-refractivity contribution >= 4 is 11.6 Å². The first-order valence-electron chi connectivity index (χ1n) is 6.84. The molecule has 2 aromatic rings. The second kappa shape index (κ2) is 5.16. The summed E-state index contributed by atoms with van der Waals surface area (Å²) >= 11 is 0. The summed E-state index contributed by atoms with van der Waals surface area (Å²) in [7, 11) is 3.32. The van der Waals surface area contributed by atoms with E-state index in [2.05, 4.69) is 4.98 Å². The second-order valence-corrected chi connectivity index (χ2v) is 5.20. The molecule has 1 aromatic heterocycles. The first-order valence-corrected chi connectivity index (χ1v) is 6.84. The molecule has 0 saturated heterocycles. The van der Waals surface area contributed by atoms with Crippen molar-refractivity contribution in [1.29, 1.82) is 0 Å². The zero-order valence-electron chi connectivity index (χ0n) is 12.0. The van der Waals surface area contributed by atoms with Crippen molar-refractivity contribution in [3.8, 4) is 5.75 Å². The second-order valence-electron chi connectivity index (χ2n) is 5.20. The van der Waals surface area contributed by atoms with Crippen LogP contribution in [0.2, 0.25) is 0 Å². The van der Waals surface area contributed by atoms with E-state index in [9.17, 15) is 9.59 Å². The number of methoxy groups -OCH3 is 1. The van der Waals surface area contributed by atoms with Gasteiger partial charge in [0.2, 0.25) is 5.78 Å². The topological polar surface area (TPSA) is 61.2 Å². The van der Waals surface area contributed by atoms with Crippen molar-refractivity contribution in [3.63, 3.8) is 0 Å². The maximum absolute atomic E-state index is 12.6. The Balaban J connectivity index is 1.95. The van der Waals surface area contributed by atoms with Crippen molar-refractivity contribution in [3.05, 3.63) is 47.5 Å². The number of benzene rings is 1. The van der Waals surface area contributed by atoms with E-state index in [4.69, 9.17) is 4.74 Å². The lowest BCUT2D eigenvalue weighted by molar-refractivity contribution is 0.0782. The number of imidazole rings is 1. The van der Waals surface area contributed by atoms with E-state index >= 15 is 0 Å². The summed E-state index contributed by atoms with van der Waals surface area (Å²) in [5.41, 5.74) is 1.57. The van der Waals surface area contributed by atoms with E-state index in [0.29, 0.717) is 30.0 Å². The standard InChI is InChI=1S/C16H16N2O3/c1-18-8-7-17-16(18)15(20)12-6-4-10-3-5-11(21-2)9-13(10)14(12)19/h3,5,7-9,12H,4,6H2,1-2H3. The number of ketones is 2. The van der Waals surface area contributed by atoms with Crippen molar-refractivity contribution in [2.24, 2.45) is 13.0 Å². The Hall–Kier alpha value is -2.43. The molecule has 0 aliphatic heterocycles. The van der Waals surface area contributed by atoms with Crippen LogP contribution in [0, 0.1) is 5.92 Å². The van der Waals surface area contributed by atoms with Gasteiger partial charge >= 0.3 is 0 Å². The molecule has 108 valence electrons. The molecule has 0 N–H and O–H groups in total. The van der Waals surface area contributed by atoms with Gasteiger partial charge in [-0.25, -0.2) is 4.98 Å². The smallest absolute Gasteiger partial charge is 0.209 e. The summed E-state index contributed by atoms with van der Waals surface area (Å²) < 4.78 is 6.81. The van der Waals surface area contributed by atoms with Crippen LogP contribution in [-0.4, -0.2) is 28.2 Å². The first-order chi connectivity index (χ1) is 10.1. The highest BCUT2D eigenvalue weighted by atomic mass is 16.5. The number of carbonyl (C=O) groups is 2. The lowest BCUT2D eigenvalue weighted by Crippen LogP contribution is -2.31. The highest BCUT2D eigenvalue weighted by Crippen LogP contribution is 2.30. The molecule has 1 heterocycles. The first kappa shape index (κ1) is 13.5. The van der Waals surface area contributed by atoms with Gasteiger partial charge in [-0.1, -0.05) is 6.07 Å². The highest BCUT2D eigenvalue weighted by molar-refractivity contribution is 6.16. The lowest BCUT2D eigenvalue weighted by atomic mass is 9.80.